The molecule has 295 valence electrons. The van der Waals surface area contributed by atoms with Gasteiger partial charge in [0.1, 0.15) is 17.1 Å². The molecule has 0 atom stereocenters. The first-order chi connectivity index (χ1) is 25.5. The summed E-state index contributed by atoms with van der Waals surface area (Å²) in [6.07, 6.45) is 7.64. The Bertz CT molecular complexity index is 2290. The third-order valence-corrected chi connectivity index (χ3v) is 12.9. The summed E-state index contributed by atoms with van der Waals surface area (Å²) in [7, 11) is 0. The van der Waals surface area contributed by atoms with Gasteiger partial charge in [-0.3, -0.25) is 9.78 Å². The third kappa shape index (κ3) is 9.19. The molecule has 55 heavy (non-hydrogen) atoms. The first-order valence-corrected chi connectivity index (χ1v) is 20.6. The zero-order valence-corrected chi connectivity index (χ0v) is 38.2. The Balaban J connectivity index is 0.000000320. The molecule has 0 saturated heterocycles. The summed E-state index contributed by atoms with van der Waals surface area (Å²) in [5.41, 5.74) is 6.24. The second-order valence-electron chi connectivity index (χ2n) is 16.9. The molecule has 0 amide bonds. The molecule has 6 rings (SSSR count). The molecule has 1 N–H and O–H groups in total. The predicted octanol–water partition coefficient (Wildman–Crippen LogP) is 14.8. The standard InChI is InChI=1S/C34H32NOS.C15H28O2.Ir/c1-20(2)16-29-21(3)32-25(12-9-13-28(32)36-29)31-19-26-30(37-31)14-15-35-33(26)23-17-22-10-7-8-11-24(22)27(18-23)34(4,5)6;1-7-14(5,8-2)12(16)11-13(17)15(6,9-3)10-4;/h7-15,18-20H,16H2,1-6H3;11,16H,7-10H2,1-6H3;/q-1;;/b;12-11-;. The van der Waals surface area contributed by atoms with Crippen LogP contribution in [0.4, 0.5) is 0 Å². The number of furan rings is 1. The average molecular weight is 935 g/mol. The van der Waals surface area contributed by atoms with E-state index in [1.54, 1.807) is 0 Å². The topological polar surface area (TPSA) is 63.3 Å². The van der Waals surface area contributed by atoms with E-state index in [9.17, 15) is 9.90 Å². The Kier molecular flexibility index (Phi) is 14.2. The number of rotatable bonds is 11. The summed E-state index contributed by atoms with van der Waals surface area (Å²) in [6.45, 7) is 25.6. The van der Waals surface area contributed by atoms with Gasteiger partial charge >= 0.3 is 0 Å². The minimum Gasteiger partial charge on any atom is -0.512 e. The van der Waals surface area contributed by atoms with Crippen molar-refractivity contribution in [2.24, 2.45) is 16.7 Å². The first-order valence-electron chi connectivity index (χ1n) is 19.8. The molecule has 0 unspecified atom stereocenters. The van der Waals surface area contributed by atoms with E-state index in [1.165, 1.54) is 48.5 Å². The van der Waals surface area contributed by atoms with Crippen LogP contribution < -0.4 is 0 Å². The molecule has 6 aromatic rings. The number of hydrogen-bond donors (Lipinski definition) is 1. The molecule has 0 saturated carbocycles. The molecule has 3 heterocycles. The van der Waals surface area contributed by atoms with E-state index in [1.807, 2.05) is 59.1 Å². The van der Waals surface area contributed by atoms with Crippen LogP contribution in [0.2, 0.25) is 0 Å². The maximum atomic E-state index is 12.2. The largest absolute Gasteiger partial charge is 0.512 e. The summed E-state index contributed by atoms with van der Waals surface area (Å²) in [4.78, 5) is 18.3. The number of carbonyl (C=O) groups is 1. The van der Waals surface area contributed by atoms with E-state index in [2.05, 4.69) is 108 Å². The Morgan fingerprint density at radius 2 is 1.55 bits per heavy atom. The maximum Gasteiger partial charge on any atom is 0.164 e. The van der Waals surface area contributed by atoms with Gasteiger partial charge in [-0.2, -0.15) is 0 Å². The van der Waals surface area contributed by atoms with Gasteiger partial charge in [0.15, 0.2) is 5.78 Å². The van der Waals surface area contributed by atoms with Crippen molar-refractivity contribution >= 4 is 48.9 Å². The second-order valence-corrected chi connectivity index (χ2v) is 18.0. The Hall–Kier alpha value is -3.57. The Labute approximate surface area is 347 Å². The molecule has 0 bridgehead atoms. The van der Waals surface area contributed by atoms with Crippen LogP contribution in [-0.2, 0) is 36.7 Å². The van der Waals surface area contributed by atoms with Crippen molar-refractivity contribution in [2.45, 2.75) is 121 Å². The maximum absolute atomic E-state index is 12.2. The molecule has 1 radical (unpaired) electrons. The normalized spacial score (nSPS) is 12.6. The zero-order chi connectivity index (χ0) is 39.6. The fourth-order valence-corrected chi connectivity index (χ4v) is 8.18. The SMILES string of the molecule is CCC(C)(CC)C(=O)/C=C(\O)C(C)(CC)CC.Cc1c(CC(C)C)oc2cccc(-c3cc4c(-c5[c-]c6ccccc6c(C(C)(C)C)c5)nccc4s3)c12.[Ir]. The zero-order valence-electron chi connectivity index (χ0n) is 35.0. The van der Waals surface area contributed by atoms with Crippen LogP contribution >= 0.6 is 11.3 Å². The fourth-order valence-electron chi connectivity index (χ4n) is 7.09. The number of aliphatic hydroxyl groups is 1. The number of aromatic nitrogens is 1. The second kappa shape index (κ2) is 17.7. The molecule has 0 aliphatic heterocycles. The van der Waals surface area contributed by atoms with Crippen LogP contribution in [0, 0.1) is 29.7 Å². The van der Waals surface area contributed by atoms with Gasteiger partial charge < -0.3 is 9.52 Å². The fraction of sp³-hybridized carbons (Fsp3) is 0.429. The Morgan fingerprint density at radius 1 is 0.891 bits per heavy atom. The number of hydrogen-bond acceptors (Lipinski definition) is 5. The minimum atomic E-state index is -0.337. The summed E-state index contributed by atoms with van der Waals surface area (Å²) < 4.78 is 7.55. The predicted molar refractivity (Wildman–Crippen MR) is 232 cm³/mol. The van der Waals surface area contributed by atoms with Gasteiger partial charge in [-0.25, -0.2) is 0 Å². The van der Waals surface area contributed by atoms with Gasteiger partial charge in [0.25, 0.3) is 0 Å². The Morgan fingerprint density at radius 3 is 2.16 bits per heavy atom. The number of pyridine rings is 1. The summed E-state index contributed by atoms with van der Waals surface area (Å²) in [5.74, 6) is 1.94. The summed E-state index contributed by atoms with van der Waals surface area (Å²) >= 11 is 1.82. The average Bonchev–Trinajstić information content (AvgIpc) is 3.73. The van der Waals surface area contributed by atoms with Crippen LogP contribution in [-0.4, -0.2) is 15.9 Å². The quantitative estimate of drug-likeness (QED) is 0.0799. The number of aryl methyl sites for hydroxylation is 1. The van der Waals surface area contributed by atoms with Crippen molar-refractivity contribution in [3.05, 3.63) is 102 Å². The number of thiophene rings is 1. The molecule has 0 fully saturated rings. The first kappa shape index (κ1) is 44.1. The number of aliphatic hydroxyl groups excluding tert-OH is 1. The summed E-state index contributed by atoms with van der Waals surface area (Å²) in [6, 6.07) is 25.4. The van der Waals surface area contributed by atoms with Gasteiger partial charge in [-0.15, -0.1) is 40.5 Å². The van der Waals surface area contributed by atoms with E-state index in [0.717, 1.165) is 60.1 Å². The van der Waals surface area contributed by atoms with Crippen LogP contribution in [0.1, 0.15) is 119 Å². The van der Waals surface area contributed by atoms with E-state index in [0.29, 0.717) is 5.92 Å². The van der Waals surface area contributed by atoms with E-state index in [-0.39, 0.29) is 47.9 Å². The smallest absolute Gasteiger partial charge is 0.164 e. The number of carbonyl (C=O) groups excluding carboxylic acids is 1. The van der Waals surface area contributed by atoms with Gasteiger partial charge in [0, 0.05) is 75.8 Å². The molecule has 0 aliphatic rings. The van der Waals surface area contributed by atoms with E-state index < -0.39 is 0 Å². The van der Waals surface area contributed by atoms with Crippen LogP contribution in [0.15, 0.2) is 83.1 Å². The van der Waals surface area contributed by atoms with E-state index in [4.69, 9.17) is 9.40 Å². The molecule has 6 heteroatoms. The van der Waals surface area contributed by atoms with Crippen LogP contribution in [0.25, 0.3) is 53.5 Å². The van der Waals surface area contributed by atoms with Gasteiger partial charge in [0.2, 0.25) is 0 Å². The third-order valence-electron chi connectivity index (χ3n) is 11.8. The van der Waals surface area contributed by atoms with Crippen molar-refractivity contribution in [3.8, 4) is 21.7 Å². The number of fused-ring (bicyclic) bond motifs is 3. The molecule has 3 aromatic carbocycles. The molecule has 4 nitrogen and oxygen atoms in total. The van der Waals surface area contributed by atoms with Crippen LogP contribution in [0.5, 0.6) is 0 Å². The number of nitrogens with zero attached hydrogens (tertiary/aromatic N) is 1. The minimum absolute atomic E-state index is 0. The van der Waals surface area contributed by atoms with Gasteiger partial charge in [-0.1, -0.05) is 117 Å². The molecule has 3 aromatic heterocycles. The number of benzene rings is 3. The number of allylic oxidation sites excluding steroid dienone is 2. The molecular formula is C49H60IrNO3S-. The van der Waals surface area contributed by atoms with Crippen molar-refractivity contribution < 1.29 is 34.4 Å². The van der Waals surface area contributed by atoms with E-state index >= 15 is 0 Å². The monoisotopic (exact) mass is 935 g/mol. The van der Waals surface area contributed by atoms with Crippen molar-refractivity contribution in [2.75, 3.05) is 0 Å². The number of ketones is 1. The molecule has 0 spiro atoms. The van der Waals surface area contributed by atoms with Gasteiger partial charge in [-0.05, 0) is 73.1 Å². The van der Waals surface area contributed by atoms with Crippen molar-refractivity contribution in [3.63, 3.8) is 0 Å². The van der Waals surface area contributed by atoms with Crippen LogP contribution in [0.3, 0.4) is 0 Å². The van der Waals surface area contributed by atoms with Crippen molar-refractivity contribution in [1.29, 1.82) is 0 Å². The molecular weight excluding hydrogens is 875 g/mol. The summed E-state index contributed by atoms with van der Waals surface area (Å²) in [5, 5.41) is 14.9. The molecule has 0 aliphatic carbocycles. The van der Waals surface area contributed by atoms with Crippen molar-refractivity contribution in [1.82, 2.24) is 4.98 Å². The van der Waals surface area contributed by atoms with Gasteiger partial charge in [0.05, 0.1) is 0 Å².